The van der Waals surface area contributed by atoms with Crippen LogP contribution in [0.3, 0.4) is 0 Å². The smallest absolute Gasteiger partial charge is 0.220 e. The largest absolute Gasteiger partial charge is 0.497 e. The number of ether oxygens (including phenoxy) is 1. The quantitative estimate of drug-likeness (QED) is 0.724. The maximum absolute atomic E-state index is 11.7. The zero-order valence-electron chi connectivity index (χ0n) is 15.5. The van der Waals surface area contributed by atoms with E-state index in [4.69, 9.17) is 4.74 Å². The molecule has 3 aromatic rings. The first-order valence-electron chi connectivity index (χ1n) is 9.50. The number of nitrogens with one attached hydrogen (secondary N) is 2. The van der Waals surface area contributed by atoms with Gasteiger partial charge >= 0.3 is 0 Å². The Balaban J connectivity index is 1.47. The van der Waals surface area contributed by atoms with Crippen molar-refractivity contribution >= 4 is 17.1 Å². The van der Waals surface area contributed by atoms with Crippen molar-refractivity contribution in [3.63, 3.8) is 0 Å². The molecule has 1 fully saturated rings. The van der Waals surface area contributed by atoms with Gasteiger partial charge in [0.15, 0.2) is 5.65 Å². The summed E-state index contributed by atoms with van der Waals surface area (Å²) in [7, 11) is 1.66. The minimum absolute atomic E-state index is 0.174. The van der Waals surface area contributed by atoms with Crippen molar-refractivity contribution in [2.24, 2.45) is 0 Å². The van der Waals surface area contributed by atoms with E-state index in [1.165, 1.54) is 0 Å². The topological polar surface area (TPSA) is 79.9 Å². The molecule has 0 bridgehead atoms. The molecule has 1 aliphatic heterocycles. The third kappa shape index (κ3) is 4.10. The molecule has 1 amide bonds. The lowest BCUT2D eigenvalue weighted by molar-refractivity contribution is -0.121. The molecule has 0 spiro atoms. The number of fused-ring (bicyclic) bond motifs is 1. The summed E-state index contributed by atoms with van der Waals surface area (Å²) in [6, 6.07) is 10.3. The molecular weight excluding hydrogens is 340 g/mol. The van der Waals surface area contributed by atoms with E-state index in [2.05, 4.69) is 26.3 Å². The first-order valence-corrected chi connectivity index (χ1v) is 9.50. The van der Waals surface area contributed by atoms with Crippen LogP contribution in [0, 0.1) is 0 Å². The van der Waals surface area contributed by atoms with Crippen LogP contribution in [0.15, 0.2) is 36.5 Å². The normalized spacial score (nSPS) is 17.5. The molecule has 1 saturated heterocycles. The predicted octanol–water partition coefficient (Wildman–Crippen LogP) is 3.62. The fourth-order valence-corrected chi connectivity index (χ4v) is 3.59. The molecule has 0 saturated carbocycles. The molecule has 0 aliphatic carbocycles. The summed E-state index contributed by atoms with van der Waals surface area (Å²) >= 11 is 0. The Morgan fingerprint density at radius 3 is 2.85 bits per heavy atom. The van der Waals surface area contributed by atoms with Crippen LogP contribution in [-0.2, 0) is 11.2 Å². The fraction of sp³-hybridized carbons (Fsp3) is 0.381. The zero-order valence-corrected chi connectivity index (χ0v) is 15.5. The summed E-state index contributed by atoms with van der Waals surface area (Å²) in [5.41, 5.74) is 3.79. The van der Waals surface area contributed by atoms with Crippen LogP contribution in [0.5, 0.6) is 5.75 Å². The number of imidazole rings is 1. The molecule has 1 atom stereocenters. The van der Waals surface area contributed by atoms with Gasteiger partial charge in [0.25, 0.3) is 0 Å². The summed E-state index contributed by atoms with van der Waals surface area (Å²) in [6.45, 7) is 0. The minimum atomic E-state index is 0.174. The van der Waals surface area contributed by atoms with Gasteiger partial charge in [-0.15, -0.1) is 0 Å². The number of pyridine rings is 1. The molecule has 4 rings (SSSR count). The van der Waals surface area contributed by atoms with Crippen molar-refractivity contribution in [1.82, 2.24) is 20.3 Å². The molecule has 27 heavy (non-hydrogen) atoms. The molecule has 1 unspecified atom stereocenters. The van der Waals surface area contributed by atoms with Crippen molar-refractivity contribution < 1.29 is 9.53 Å². The standard InChI is InChI=1S/C21H24N4O2/c1-27-17-9-6-14(7-10-17)15-12-18-21(22-13-15)25-19(24-18)11-8-16-4-2-3-5-20(26)23-16/h6-7,9-10,12-13,16H,2-5,8,11H2,1H3,(H,23,26)(H,22,24,25). The van der Waals surface area contributed by atoms with Crippen molar-refractivity contribution in [2.75, 3.05) is 7.11 Å². The number of aromatic nitrogens is 3. The monoisotopic (exact) mass is 364 g/mol. The van der Waals surface area contributed by atoms with Crippen LogP contribution in [0.4, 0.5) is 0 Å². The van der Waals surface area contributed by atoms with Crippen LogP contribution in [-0.4, -0.2) is 34.0 Å². The maximum Gasteiger partial charge on any atom is 0.220 e. The van der Waals surface area contributed by atoms with Crippen LogP contribution < -0.4 is 10.1 Å². The van der Waals surface area contributed by atoms with Crippen molar-refractivity contribution in [1.29, 1.82) is 0 Å². The van der Waals surface area contributed by atoms with Gasteiger partial charge in [-0.1, -0.05) is 18.6 Å². The van der Waals surface area contributed by atoms with E-state index in [9.17, 15) is 4.79 Å². The van der Waals surface area contributed by atoms with Gasteiger partial charge in [0.2, 0.25) is 5.91 Å². The highest BCUT2D eigenvalue weighted by molar-refractivity contribution is 5.78. The Bertz CT molecular complexity index is 933. The molecule has 6 nitrogen and oxygen atoms in total. The third-order valence-electron chi connectivity index (χ3n) is 5.11. The van der Waals surface area contributed by atoms with Gasteiger partial charge < -0.3 is 15.0 Å². The molecule has 2 N–H and O–H groups in total. The SMILES string of the molecule is COc1ccc(-c2cnc3nc(CCC4CCCCC(=O)N4)[nH]c3c2)cc1. The number of carbonyl (C=O) groups excluding carboxylic acids is 1. The molecular formula is C21H24N4O2. The second-order valence-corrected chi connectivity index (χ2v) is 7.06. The van der Waals surface area contributed by atoms with Crippen molar-refractivity contribution in [3.05, 3.63) is 42.4 Å². The third-order valence-corrected chi connectivity index (χ3v) is 5.11. The fourth-order valence-electron chi connectivity index (χ4n) is 3.59. The lowest BCUT2D eigenvalue weighted by Crippen LogP contribution is -2.33. The second kappa shape index (κ2) is 7.78. The van der Waals surface area contributed by atoms with E-state index in [0.29, 0.717) is 6.42 Å². The van der Waals surface area contributed by atoms with Crippen molar-refractivity contribution in [2.45, 2.75) is 44.6 Å². The van der Waals surface area contributed by atoms with Crippen LogP contribution in [0.2, 0.25) is 0 Å². The van der Waals surface area contributed by atoms with Gasteiger partial charge in [-0.05, 0) is 43.0 Å². The summed E-state index contributed by atoms with van der Waals surface area (Å²) in [6.07, 6.45) is 7.35. The number of rotatable bonds is 5. The van der Waals surface area contributed by atoms with E-state index in [1.807, 2.05) is 30.5 Å². The van der Waals surface area contributed by atoms with E-state index >= 15 is 0 Å². The number of carbonyl (C=O) groups is 1. The number of H-pyrrole nitrogens is 1. The summed E-state index contributed by atoms with van der Waals surface area (Å²) in [5, 5.41) is 3.12. The second-order valence-electron chi connectivity index (χ2n) is 7.06. The first-order chi connectivity index (χ1) is 13.2. The lowest BCUT2D eigenvalue weighted by Gasteiger charge is -2.14. The van der Waals surface area contributed by atoms with Crippen molar-refractivity contribution in [3.8, 4) is 16.9 Å². The summed E-state index contributed by atoms with van der Waals surface area (Å²) in [4.78, 5) is 24.2. The highest BCUT2D eigenvalue weighted by Crippen LogP contribution is 2.24. The van der Waals surface area contributed by atoms with Crippen LogP contribution in [0.25, 0.3) is 22.3 Å². The Hall–Kier alpha value is -2.89. The van der Waals surface area contributed by atoms with Gasteiger partial charge in [-0.2, -0.15) is 0 Å². The number of aryl methyl sites for hydroxylation is 1. The number of nitrogens with zero attached hydrogens (tertiary/aromatic N) is 2. The number of methoxy groups -OCH3 is 1. The Kier molecular flexibility index (Phi) is 5.05. The zero-order chi connectivity index (χ0) is 18.6. The molecule has 140 valence electrons. The molecule has 1 aromatic carbocycles. The predicted molar refractivity (Wildman–Crippen MR) is 105 cm³/mol. The highest BCUT2D eigenvalue weighted by atomic mass is 16.5. The number of benzene rings is 1. The molecule has 0 radical (unpaired) electrons. The molecule has 1 aliphatic rings. The molecule has 3 heterocycles. The summed E-state index contributed by atoms with van der Waals surface area (Å²) in [5.74, 6) is 1.93. The van der Waals surface area contributed by atoms with Gasteiger partial charge in [-0.3, -0.25) is 4.79 Å². The van der Waals surface area contributed by atoms with Crippen LogP contribution >= 0.6 is 0 Å². The average Bonchev–Trinajstić information content (AvgIpc) is 2.99. The molecule has 6 heteroatoms. The van der Waals surface area contributed by atoms with E-state index in [0.717, 1.165) is 66.0 Å². The van der Waals surface area contributed by atoms with E-state index in [1.54, 1.807) is 7.11 Å². The minimum Gasteiger partial charge on any atom is -0.497 e. The van der Waals surface area contributed by atoms with E-state index in [-0.39, 0.29) is 11.9 Å². The number of aromatic amines is 1. The van der Waals surface area contributed by atoms with Crippen LogP contribution in [0.1, 0.15) is 37.9 Å². The average molecular weight is 364 g/mol. The maximum atomic E-state index is 11.7. The number of hydrogen-bond donors (Lipinski definition) is 2. The Morgan fingerprint density at radius 2 is 2.04 bits per heavy atom. The number of amides is 1. The Morgan fingerprint density at radius 1 is 1.19 bits per heavy atom. The number of hydrogen-bond acceptors (Lipinski definition) is 4. The van der Waals surface area contributed by atoms with Gasteiger partial charge in [0, 0.05) is 30.6 Å². The first kappa shape index (κ1) is 17.5. The Labute approximate surface area is 158 Å². The summed E-state index contributed by atoms with van der Waals surface area (Å²) < 4.78 is 5.21. The highest BCUT2D eigenvalue weighted by Gasteiger charge is 2.17. The van der Waals surface area contributed by atoms with Gasteiger partial charge in [-0.25, -0.2) is 9.97 Å². The molecule has 2 aromatic heterocycles. The lowest BCUT2D eigenvalue weighted by atomic mass is 10.1. The van der Waals surface area contributed by atoms with E-state index < -0.39 is 0 Å². The van der Waals surface area contributed by atoms with Gasteiger partial charge in [0.1, 0.15) is 11.6 Å². The van der Waals surface area contributed by atoms with Gasteiger partial charge in [0.05, 0.1) is 12.6 Å².